The maximum Gasteiger partial charge on any atom is 0.227 e. The second-order valence-electron chi connectivity index (χ2n) is 4.98. The Kier molecular flexibility index (Phi) is 4.91. The zero-order valence-electron chi connectivity index (χ0n) is 12.3. The van der Waals surface area contributed by atoms with E-state index in [0.29, 0.717) is 17.3 Å². The van der Waals surface area contributed by atoms with Gasteiger partial charge < -0.3 is 14.1 Å². The van der Waals surface area contributed by atoms with Crippen molar-refractivity contribution < 1.29 is 9.15 Å². The molecule has 0 bridgehead atoms. The standard InChI is InChI=1S/C16H18ClNO3/c1-11(2)18(13-6-4-12(17)5-7-13)9-14-8-15(19)16(20-3)10-21-14/h4-8,10-11H,9H2,1-3H3. The molecule has 0 aliphatic heterocycles. The Balaban J connectivity index is 2.26. The molecule has 2 aromatic rings. The van der Waals surface area contributed by atoms with E-state index in [1.165, 1.54) is 19.4 Å². The summed E-state index contributed by atoms with van der Waals surface area (Å²) in [6, 6.07) is 9.30. The van der Waals surface area contributed by atoms with E-state index < -0.39 is 0 Å². The topological polar surface area (TPSA) is 42.7 Å². The minimum atomic E-state index is -0.182. The van der Waals surface area contributed by atoms with Crippen molar-refractivity contribution >= 4 is 17.3 Å². The lowest BCUT2D eigenvalue weighted by Gasteiger charge is -2.28. The van der Waals surface area contributed by atoms with Crippen molar-refractivity contribution in [2.24, 2.45) is 0 Å². The molecule has 0 N–H and O–H groups in total. The van der Waals surface area contributed by atoms with Crippen molar-refractivity contribution in [2.45, 2.75) is 26.4 Å². The molecule has 1 aromatic carbocycles. The molecule has 0 radical (unpaired) electrons. The molecule has 1 aromatic heterocycles. The SMILES string of the molecule is COc1coc(CN(c2ccc(Cl)cc2)C(C)C)cc1=O. The molecule has 0 aliphatic carbocycles. The van der Waals surface area contributed by atoms with Crippen molar-refractivity contribution in [3.8, 4) is 5.75 Å². The highest BCUT2D eigenvalue weighted by atomic mass is 35.5. The van der Waals surface area contributed by atoms with Gasteiger partial charge in [0.05, 0.1) is 13.7 Å². The van der Waals surface area contributed by atoms with Crippen LogP contribution in [0.5, 0.6) is 5.75 Å². The van der Waals surface area contributed by atoms with Gasteiger partial charge in [0, 0.05) is 22.8 Å². The summed E-state index contributed by atoms with van der Waals surface area (Å²) in [5, 5.41) is 0.693. The molecular weight excluding hydrogens is 290 g/mol. The van der Waals surface area contributed by atoms with Crippen LogP contribution in [0.15, 0.2) is 45.8 Å². The van der Waals surface area contributed by atoms with Gasteiger partial charge in [-0.15, -0.1) is 0 Å². The van der Waals surface area contributed by atoms with E-state index in [0.717, 1.165) is 5.69 Å². The first-order valence-electron chi connectivity index (χ1n) is 6.69. The third-order valence-corrected chi connectivity index (χ3v) is 3.43. The average Bonchev–Trinajstić information content (AvgIpc) is 2.46. The van der Waals surface area contributed by atoms with Gasteiger partial charge >= 0.3 is 0 Å². The van der Waals surface area contributed by atoms with Gasteiger partial charge in [0.15, 0.2) is 0 Å². The van der Waals surface area contributed by atoms with Gasteiger partial charge in [0.1, 0.15) is 12.0 Å². The van der Waals surface area contributed by atoms with Crippen LogP contribution in [-0.4, -0.2) is 13.2 Å². The van der Waals surface area contributed by atoms with Crippen molar-refractivity contribution in [1.82, 2.24) is 0 Å². The van der Waals surface area contributed by atoms with Crippen LogP contribution < -0.4 is 15.1 Å². The summed E-state index contributed by atoms with van der Waals surface area (Å²) >= 11 is 5.92. The lowest BCUT2D eigenvalue weighted by Crippen LogP contribution is -2.30. The molecule has 0 saturated heterocycles. The number of hydrogen-bond acceptors (Lipinski definition) is 4. The molecule has 5 heteroatoms. The summed E-state index contributed by atoms with van der Waals surface area (Å²) in [4.78, 5) is 13.9. The van der Waals surface area contributed by atoms with Crippen LogP contribution in [0.25, 0.3) is 0 Å². The van der Waals surface area contributed by atoms with E-state index in [-0.39, 0.29) is 17.2 Å². The quantitative estimate of drug-likeness (QED) is 0.844. The minimum absolute atomic E-state index is 0.182. The Morgan fingerprint density at radius 2 is 1.95 bits per heavy atom. The number of halogens is 1. The van der Waals surface area contributed by atoms with E-state index in [9.17, 15) is 4.79 Å². The molecule has 0 unspecified atom stereocenters. The fourth-order valence-electron chi connectivity index (χ4n) is 2.04. The van der Waals surface area contributed by atoms with Crippen LogP contribution in [0.4, 0.5) is 5.69 Å². The zero-order valence-corrected chi connectivity index (χ0v) is 13.1. The van der Waals surface area contributed by atoms with Crippen LogP contribution >= 0.6 is 11.6 Å². The number of rotatable bonds is 5. The highest BCUT2D eigenvalue weighted by molar-refractivity contribution is 6.30. The van der Waals surface area contributed by atoms with E-state index >= 15 is 0 Å². The minimum Gasteiger partial charge on any atom is -0.490 e. The number of hydrogen-bond donors (Lipinski definition) is 0. The second kappa shape index (κ2) is 6.68. The maximum absolute atomic E-state index is 11.8. The Morgan fingerprint density at radius 3 is 2.48 bits per heavy atom. The fraction of sp³-hybridized carbons (Fsp3) is 0.312. The Morgan fingerprint density at radius 1 is 1.29 bits per heavy atom. The first-order valence-corrected chi connectivity index (χ1v) is 7.07. The molecule has 112 valence electrons. The monoisotopic (exact) mass is 307 g/mol. The van der Waals surface area contributed by atoms with E-state index in [4.69, 9.17) is 20.8 Å². The van der Waals surface area contributed by atoms with Crippen LogP contribution in [0, 0.1) is 0 Å². The third-order valence-electron chi connectivity index (χ3n) is 3.18. The highest BCUT2D eigenvalue weighted by Gasteiger charge is 2.13. The molecule has 0 amide bonds. The van der Waals surface area contributed by atoms with Crippen molar-refractivity contribution in [3.05, 3.63) is 57.6 Å². The summed E-state index contributed by atoms with van der Waals surface area (Å²) in [7, 11) is 1.44. The third kappa shape index (κ3) is 3.79. The first-order chi connectivity index (χ1) is 10.0. The zero-order chi connectivity index (χ0) is 15.4. The lowest BCUT2D eigenvalue weighted by molar-refractivity contribution is 0.377. The summed E-state index contributed by atoms with van der Waals surface area (Å²) in [6.07, 6.45) is 1.35. The van der Waals surface area contributed by atoms with Crippen LogP contribution in [0.1, 0.15) is 19.6 Å². The molecule has 0 atom stereocenters. The smallest absolute Gasteiger partial charge is 0.227 e. The van der Waals surface area contributed by atoms with Gasteiger partial charge in [-0.2, -0.15) is 0 Å². The molecule has 0 saturated carbocycles. The molecule has 0 spiro atoms. The number of benzene rings is 1. The molecular formula is C16H18ClNO3. The summed E-state index contributed by atoms with van der Waals surface area (Å²) in [6.45, 7) is 4.66. The normalized spacial score (nSPS) is 10.7. The van der Waals surface area contributed by atoms with E-state index in [1.54, 1.807) is 0 Å². The number of anilines is 1. The summed E-state index contributed by atoms with van der Waals surface area (Å²) in [5.41, 5.74) is 0.839. The van der Waals surface area contributed by atoms with Gasteiger partial charge in [-0.1, -0.05) is 11.6 Å². The number of methoxy groups -OCH3 is 1. The average molecular weight is 308 g/mol. The Bertz CT molecular complexity index is 649. The Labute approximate surface area is 128 Å². The summed E-state index contributed by atoms with van der Waals surface area (Å²) < 4.78 is 10.4. The summed E-state index contributed by atoms with van der Waals surface area (Å²) in [5.74, 6) is 0.797. The predicted octanol–water partition coefficient (Wildman–Crippen LogP) is 3.72. The highest BCUT2D eigenvalue weighted by Crippen LogP contribution is 2.22. The van der Waals surface area contributed by atoms with Crippen molar-refractivity contribution in [2.75, 3.05) is 12.0 Å². The van der Waals surface area contributed by atoms with Crippen molar-refractivity contribution in [3.63, 3.8) is 0 Å². The van der Waals surface area contributed by atoms with Gasteiger partial charge in [0.2, 0.25) is 11.2 Å². The van der Waals surface area contributed by atoms with Crippen molar-refractivity contribution in [1.29, 1.82) is 0 Å². The number of ether oxygens (including phenoxy) is 1. The second-order valence-corrected chi connectivity index (χ2v) is 5.41. The van der Waals surface area contributed by atoms with Crippen LogP contribution in [-0.2, 0) is 6.54 Å². The van der Waals surface area contributed by atoms with Gasteiger partial charge in [0.25, 0.3) is 0 Å². The first kappa shape index (κ1) is 15.4. The molecule has 0 aliphatic rings. The Hall–Kier alpha value is -1.94. The van der Waals surface area contributed by atoms with Gasteiger partial charge in [-0.3, -0.25) is 4.79 Å². The van der Waals surface area contributed by atoms with E-state index in [2.05, 4.69) is 18.7 Å². The molecule has 0 fully saturated rings. The predicted molar refractivity (Wildman–Crippen MR) is 84.3 cm³/mol. The number of nitrogens with zero attached hydrogens (tertiary/aromatic N) is 1. The van der Waals surface area contributed by atoms with E-state index in [1.807, 2.05) is 24.3 Å². The lowest BCUT2D eigenvalue weighted by atomic mass is 10.2. The molecule has 1 heterocycles. The fourth-order valence-corrected chi connectivity index (χ4v) is 2.17. The molecule has 2 rings (SSSR count). The van der Waals surface area contributed by atoms with Crippen LogP contribution in [0.3, 0.4) is 0 Å². The largest absolute Gasteiger partial charge is 0.490 e. The molecule has 4 nitrogen and oxygen atoms in total. The van der Waals surface area contributed by atoms with Gasteiger partial charge in [-0.05, 0) is 38.1 Å². The molecule has 21 heavy (non-hydrogen) atoms. The van der Waals surface area contributed by atoms with Crippen LogP contribution in [0.2, 0.25) is 5.02 Å². The van der Waals surface area contributed by atoms with Gasteiger partial charge in [-0.25, -0.2) is 0 Å². The maximum atomic E-state index is 11.8.